The molecule has 0 aliphatic carbocycles. The third-order valence-electron chi connectivity index (χ3n) is 2.53. The van der Waals surface area contributed by atoms with Crippen molar-refractivity contribution in [1.29, 1.82) is 0 Å². The van der Waals surface area contributed by atoms with Crippen LogP contribution in [0.1, 0.15) is 40.0 Å². The first-order valence-electron chi connectivity index (χ1n) is 5.85. The fourth-order valence-electron chi connectivity index (χ4n) is 1.98. The van der Waals surface area contributed by atoms with Crippen LogP contribution >= 0.6 is 0 Å². The van der Waals surface area contributed by atoms with E-state index in [9.17, 15) is 9.59 Å². The maximum absolute atomic E-state index is 10.6. The topological polar surface area (TPSA) is 61.8 Å². The van der Waals surface area contributed by atoms with Gasteiger partial charge in [0.1, 0.15) is 6.29 Å². The minimum absolute atomic E-state index is 0.0388. The van der Waals surface area contributed by atoms with Crippen LogP contribution in [0.4, 0.5) is 0 Å². The average molecular weight is 244 g/mol. The van der Waals surface area contributed by atoms with E-state index >= 15 is 0 Å². The Morgan fingerprint density at radius 1 is 1.41 bits per heavy atom. The fourth-order valence-corrected chi connectivity index (χ4v) is 1.98. The Labute approximate surface area is 101 Å². The van der Waals surface area contributed by atoms with E-state index in [1.807, 2.05) is 13.8 Å². The molecule has 0 spiro atoms. The highest BCUT2D eigenvalue weighted by atomic mass is 16.7. The van der Waals surface area contributed by atoms with Crippen LogP contribution < -0.4 is 0 Å². The number of carbonyl (C=O) groups is 2. The van der Waals surface area contributed by atoms with E-state index in [2.05, 4.69) is 0 Å². The average Bonchev–Trinajstić information content (AvgIpc) is 2.14. The van der Waals surface area contributed by atoms with E-state index in [0.717, 1.165) is 6.29 Å². The van der Waals surface area contributed by atoms with Crippen LogP contribution in [0.25, 0.3) is 0 Å². The van der Waals surface area contributed by atoms with Gasteiger partial charge in [-0.15, -0.1) is 0 Å². The largest absolute Gasteiger partial charge is 0.466 e. The zero-order valence-corrected chi connectivity index (χ0v) is 10.6. The molecule has 0 unspecified atom stereocenters. The highest BCUT2D eigenvalue weighted by Gasteiger charge is 2.35. The summed E-state index contributed by atoms with van der Waals surface area (Å²) in [5.74, 6) is -0.979. The van der Waals surface area contributed by atoms with Crippen molar-refractivity contribution >= 4 is 12.3 Å². The highest BCUT2D eigenvalue weighted by molar-refractivity contribution is 5.65. The van der Waals surface area contributed by atoms with Gasteiger partial charge in [-0.25, -0.2) is 0 Å². The second-order valence-electron chi connectivity index (χ2n) is 4.65. The SMILES string of the molecule is CC(=O)OCC[C@H]1C[C@@H](CC=O)OC(C)(C)O1. The summed E-state index contributed by atoms with van der Waals surface area (Å²) in [6, 6.07) is 0. The second-order valence-corrected chi connectivity index (χ2v) is 4.65. The first-order chi connectivity index (χ1) is 7.93. The summed E-state index contributed by atoms with van der Waals surface area (Å²) in [4.78, 5) is 21.1. The summed E-state index contributed by atoms with van der Waals surface area (Å²) in [7, 11) is 0. The number of aldehydes is 1. The molecular formula is C12H20O5. The molecule has 5 heteroatoms. The van der Waals surface area contributed by atoms with Crippen molar-refractivity contribution in [3.63, 3.8) is 0 Å². The monoisotopic (exact) mass is 244 g/mol. The fraction of sp³-hybridized carbons (Fsp3) is 0.833. The van der Waals surface area contributed by atoms with Crippen LogP contribution in [0.3, 0.4) is 0 Å². The number of ether oxygens (including phenoxy) is 3. The van der Waals surface area contributed by atoms with Gasteiger partial charge in [0.15, 0.2) is 5.79 Å². The standard InChI is InChI=1S/C12H20O5/c1-9(14)15-7-5-11-8-10(4-6-13)16-12(2,3)17-11/h6,10-11H,4-5,7-8H2,1-3H3/t10-,11+/m1/s1. The van der Waals surface area contributed by atoms with E-state index in [1.54, 1.807) is 0 Å². The number of hydrogen-bond acceptors (Lipinski definition) is 5. The van der Waals surface area contributed by atoms with Gasteiger partial charge in [-0.2, -0.15) is 0 Å². The van der Waals surface area contributed by atoms with Crippen molar-refractivity contribution in [2.75, 3.05) is 6.61 Å². The normalized spacial score (nSPS) is 27.5. The van der Waals surface area contributed by atoms with Crippen LogP contribution in [0.15, 0.2) is 0 Å². The minimum Gasteiger partial charge on any atom is -0.466 e. The van der Waals surface area contributed by atoms with Crippen LogP contribution in [-0.2, 0) is 23.8 Å². The molecule has 0 amide bonds. The molecule has 98 valence electrons. The summed E-state index contributed by atoms with van der Waals surface area (Å²) in [6.07, 6.45) is 2.36. The van der Waals surface area contributed by atoms with Crippen LogP contribution in [0.2, 0.25) is 0 Å². The molecule has 0 bridgehead atoms. The van der Waals surface area contributed by atoms with Gasteiger partial charge in [0.2, 0.25) is 0 Å². The van der Waals surface area contributed by atoms with Gasteiger partial charge in [-0.05, 0) is 13.8 Å². The molecule has 0 aromatic carbocycles. The Hall–Kier alpha value is -0.940. The lowest BCUT2D eigenvalue weighted by Gasteiger charge is -2.40. The molecule has 1 aliphatic heterocycles. The molecule has 0 aromatic heterocycles. The molecule has 1 fully saturated rings. The van der Waals surface area contributed by atoms with Crippen LogP contribution in [-0.4, -0.2) is 36.9 Å². The van der Waals surface area contributed by atoms with E-state index in [4.69, 9.17) is 14.2 Å². The van der Waals surface area contributed by atoms with Gasteiger partial charge in [0, 0.05) is 26.2 Å². The smallest absolute Gasteiger partial charge is 0.302 e. The lowest BCUT2D eigenvalue weighted by Crippen LogP contribution is -2.45. The molecule has 5 nitrogen and oxygen atoms in total. The van der Waals surface area contributed by atoms with Gasteiger partial charge < -0.3 is 19.0 Å². The molecule has 17 heavy (non-hydrogen) atoms. The van der Waals surface area contributed by atoms with Crippen LogP contribution in [0.5, 0.6) is 0 Å². The Morgan fingerprint density at radius 3 is 2.65 bits per heavy atom. The van der Waals surface area contributed by atoms with Gasteiger partial charge in [0.05, 0.1) is 18.8 Å². The molecule has 0 aromatic rings. The summed E-state index contributed by atoms with van der Waals surface area (Å²) in [5.41, 5.74) is 0. The van der Waals surface area contributed by atoms with Crippen molar-refractivity contribution in [2.45, 2.75) is 58.0 Å². The number of esters is 1. The molecule has 0 saturated carbocycles. The third-order valence-corrected chi connectivity index (χ3v) is 2.53. The van der Waals surface area contributed by atoms with Crippen molar-refractivity contribution < 1.29 is 23.8 Å². The maximum atomic E-state index is 10.6. The van der Waals surface area contributed by atoms with Crippen LogP contribution in [0, 0.1) is 0 Å². The lowest BCUT2D eigenvalue weighted by molar-refractivity contribution is -0.300. The Kier molecular flexibility index (Phi) is 5.08. The Balaban J connectivity index is 2.42. The zero-order chi connectivity index (χ0) is 12.9. The quantitative estimate of drug-likeness (QED) is 0.541. The summed E-state index contributed by atoms with van der Waals surface area (Å²) >= 11 is 0. The van der Waals surface area contributed by atoms with E-state index in [0.29, 0.717) is 25.9 Å². The van der Waals surface area contributed by atoms with Gasteiger partial charge in [0.25, 0.3) is 0 Å². The zero-order valence-electron chi connectivity index (χ0n) is 10.6. The third kappa shape index (κ3) is 5.28. The van der Waals surface area contributed by atoms with E-state index in [1.165, 1.54) is 6.92 Å². The number of rotatable bonds is 5. The van der Waals surface area contributed by atoms with E-state index in [-0.39, 0.29) is 18.2 Å². The van der Waals surface area contributed by atoms with Crippen molar-refractivity contribution in [1.82, 2.24) is 0 Å². The molecular weight excluding hydrogens is 224 g/mol. The summed E-state index contributed by atoms with van der Waals surface area (Å²) in [6.45, 7) is 5.36. The molecule has 1 saturated heterocycles. The Bertz CT molecular complexity index is 274. The molecule has 0 N–H and O–H groups in total. The predicted molar refractivity (Wildman–Crippen MR) is 60.4 cm³/mol. The van der Waals surface area contributed by atoms with Gasteiger partial charge >= 0.3 is 5.97 Å². The molecule has 2 atom stereocenters. The maximum Gasteiger partial charge on any atom is 0.302 e. The predicted octanol–water partition coefficient (Wildman–Crippen LogP) is 1.44. The first kappa shape index (κ1) is 14.1. The van der Waals surface area contributed by atoms with Crippen molar-refractivity contribution in [2.24, 2.45) is 0 Å². The highest BCUT2D eigenvalue weighted by Crippen LogP contribution is 2.29. The minimum atomic E-state index is -0.688. The lowest BCUT2D eigenvalue weighted by atomic mass is 10.0. The van der Waals surface area contributed by atoms with Gasteiger partial charge in [-0.1, -0.05) is 0 Å². The number of carbonyl (C=O) groups excluding carboxylic acids is 2. The molecule has 0 radical (unpaired) electrons. The molecule has 1 heterocycles. The molecule has 1 rings (SSSR count). The van der Waals surface area contributed by atoms with Crippen molar-refractivity contribution in [3.05, 3.63) is 0 Å². The first-order valence-corrected chi connectivity index (χ1v) is 5.85. The van der Waals surface area contributed by atoms with E-state index < -0.39 is 5.79 Å². The Morgan fingerprint density at radius 2 is 2.06 bits per heavy atom. The second kappa shape index (κ2) is 6.12. The summed E-state index contributed by atoms with van der Waals surface area (Å²) < 4.78 is 16.2. The van der Waals surface area contributed by atoms with Crippen molar-refractivity contribution in [3.8, 4) is 0 Å². The number of hydrogen-bond donors (Lipinski definition) is 0. The molecule has 1 aliphatic rings. The summed E-state index contributed by atoms with van der Waals surface area (Å²) in [5, 5.41) is 0. The van der Waals surface area contributed by atoms with Gasteiger partial charge in [-0.3, -0.25) is 4.79 Å².